The van der Waals surface area contributed by atoms with E-state index in [1.54, 1.807) is 0 Å². The summed E-state index contributed by atoms with van der Waals surface area (Å²) in [5.41, 5.74) is 11.0. The zero-order valence-electron chi connectivity index (χ0n) is 33.7. The van der Waals surface area contributed by atoms with E-state index in [2.05, 4.69) is 150 Å². The SMILES string of the molecule is c1ccc(-c2nc(-c3ccccc3)nc(-c3cccc(-c4cccc(-n5c6ccccc6c6cc(-c7cccc8c7sc7c8ccc8c9ccccc9sc87)ccc65)c4)c3)n2)cc1. The van der Waals surface area contributed by atoms with Gasteiger partial charge in [0.1, 0.15) is 0 Å². The molecule has 6 heteroatoms. The van der Waals surface area contributed by atoms with Crippen molar-refractivity contribution in [2.24, 2.45) is 0 Å². The van der Waals surface area contributed by atoms with Crippen LogP contribution in [0.25, 0.3) is 124 Å². The Morgan fingerprint density at radius 1 is 0.302 bits per heavy atom. The summed E-state index contributed by atoms with van der Waals surface area (Å²) in [5, 5.41) is 7.81. The normalized spacial score (nSPS) is 11.8. The van der Waals surface area contributed by atoms with Crippen LogP contribution in [-0.4, -0.2) is 19.5 Å². The maximum absolute atomic E-state index is 5.01. The molecule has 0 aliphatic heterocycles. The molecule has 0 N–H and O–H groups in total. The van der Waals surface area contributed by atoms with Gasteiger partial charge in [-0.2, -0.15) is 0 Å². The number of para-hydroxylation sites is 1. The Morgan fingerprint density at radius 2 is 0.841 bits per heavy atom. The van der Waals surface area contributed by atoms with Gasteiger partial charge < -0.3 is 4.57 Å². The Balaban J connectivity index is 0.914. The maximum atomic E-state index is 5.01. The minimum Gasteiger partial charge on any atom is -0.309 e. The average Bonchev–Trinajstić information content (AvgIpc) is 4.04. The lowest BCUT2D eigenvalue weighted by Crippen LogP contribution is -2.00. The first-order valence-electron chi connectivity index (χ1n) is 21.1. The van der Waals surface area contributed by atoms with Gasteiger partial charge in [-0.25, -0.2) is 15.0 Å². The molecule has 0 aliphatic carbocycles. The molecule has 0 unspecified atom stereocenters. The molecule has 4 aromatic heterocycles. The number of hydrogen-bond donors (Lipinski definition) is 0. The third-order valence-corrected chi connectivity index (χ3v) is 14.9. The summed E-state index contributed by atoms with van der Waals surface area (Å²) >= 11 is 3.84. The van der Waals surface area contributed by atoms with Crippen LogP contribution in [0.2, 0.25) is 0 Å². The summed E-state index contributed by atoms with van der Waals surface area (Å²) < 4.78 is 7.84. The second-order valence-electron chi connectivity index (χ2n) is 16.0. The van der Waals surface area contributed by atoms with Crippen LogP contribution in [0.1, 0.15) is 0 Å². The molecule has 0 amide bonds. The Labute approximate surface area is 370 Å². The van der Waals surface area contributed by atoms with Crippen molar-refractivity contribution in [3.8, 4) is 62.1 Å². The van der Waals surface area contributed by atoms with Crippen molar-refractivity contribution in [3.63, 3.8) is 0 Å². The number of fused-ring (bicyclic) bond motifs is 10. The predicted octanol–water partition coefficient (Wildman–Crippen LogP) is 16.0. The van der Waals surface area contributed by atoms with E-state index in [1.165, 1.54) is 73.3 Å². The molecule has 0 spiro atoms. The number of thiophene rings is 2. The molecular formula is C57H34N4S2. The van der Waals surface area contributed by atoms with E-state index in [9.17, 15) is 0 Å². The van der Waals surface area contributed by atoms with Crippen molar-refractivity contribution in [1.29, 1.82) is 0 Å². The van der Waals surface area contributed by atoms with Crippen LogP contribution in [0.15, 0.2) is 206 Å². The fourth-order valence-electron chi connectivity index (χ4n) is 9.28. The Kier molecular flexibility index (Phi) is 8.22. The molecule has 0 saturated heterocycles. The van der Waals surface area contributed by atoms with Gasteiger partial charge in [0.2, 0.25) is 0 Å². The lowest BCUT2D eigenvalue weighted by Gasteiger charge is -2.12. The smallest absolute Gasteiger partial charge is 0.164 e. The first-order chi connectivity index (χ1) is 31.2. The monoisotopic (exact) mass is 838 g/mol. The standard InChI is InChI=1S/C57H34N4S2/c1-3-14-35(15-4-1)55-58-56(36-16-5-2-6-17-36)60-57(59-55)40-20-11-18-37(32-40)38-19-12-21-41(33-38)61-49-26-9-7-22-43(49)48-34-39(28-31-50(48)61)42-24-13-25-45-47-30-29-46-44-23-8-10-27-51(44)62-53(46)54(47)63-52(42)45/h1-34H. The van der Waals surface area contributed by atoms with E-state index < -0.39 is 0 Å². The van der Waals surface area contributed by atoms with Crippen molar-refractivity contribution in [1.82, 2.24) is 19.5 Å². The van der Waals surface area contributed by atoms with Gasteiger partial charge >= 0.3 is 0 Å². The molecule has 13 rings (SSSR count). The first-order valence-corrected chi connectivity index (χ1v) is 22.7. The van der Waals surface area contributed by atoms with Crippen molar-refractivity contribution >= 4 is 84.8 Å². The largest absolute Gasteiger partial charge is 0.309 e. The van der Waals surface area contributed by atoms with Crippen LogP contribution in [0.3, 0.4) is 0 Å². The zero-order valence-corrected chi connectivity index (χ0v) is 35.4. The van der Waals surface area contributed by atoms with Crippen LogP contribution in [0.4, 0.5) is 0 Å². The van der Waals surface area contributed by atoms with Gasteiger partial charge in [-0.15, -0.1) is 22.7 Å². The summed E-state index contributed by atoms with van der Waals surface area (Å²) in [4.78, 5) is 14.9. The summed E-state index contributed by atoms with van der Waals surface area (Å²) in [6.07, 6.45) is 0. The lowest BCUT2D eigenvalue weighted by atomic mass is 10.0. The molecule has 13 aromatic rings. The van der Waals surface area contributed by atoms with Crippen LogP contribution in [-0.2, 0) is 0 Å². The molecular weight excluding hydrogens is 805 g/mol. The summed E-state index contributed by atoms with van der Waals surface area (Å²) in [6.45, 7) is 0. The molecule has 0 fully saturated rings. The van der Waals surface area contributed by atoms with Crippen LogP contribution >= 0.6 is 22.7 Å². The fraction of sp³-hybridized carbons (Fsp3) is 0. The van der Waals surface area contributed by atoms with Crippen molar-refractivity contribution in [2.45, 2.75) is 0 Å². The molecule has 0 aliphatic rings. The Morgan fingerprint density at radius 3 is 1.62 bits per heavy atom. The van der Waals surface area contributed by atoms with Gasteiger partial charge in [0.05, 0.1) is 20.4 Å². The number of aromatic nitrogens is 4. The van der Waals surface area contributed by atoms with E-state index in [4.69, 9.17) is 15.0 Å². The summed E-state index contributed by atoms with van der Waals surface area (Å²) in [5.74, 6) is 1.93. The van der Waals surface area contributed by atoms with E-state index in [-0.39, 0.29) is 0 Å². The molecule has 0 saturated carbocycles. The number of hydrogen-bond acceptors (Lipinski definition) is 5. The zero-order chi connectivity index (χ0) is 41.4. The molecule has 0 radical (unpaired) electrons. The van der Waals surface area contributed by atoms with Crippen LogP contribution < -0.4 is 0 Å². The number of nitrogens with zero attached hydrogens (tertiary/aromatic N) is 4. The molecule has 9 aromatic carbocycles. The predicted molar refractivity (Wildman–Crippen MR) is 267 cm³/mol. The summed E-state index contributed by atoms with van der Waals surface area (Å²) in [6, 6.07) is 73.7. The maximum Gasteiger partial charge on any atom is 0.164 e. The molecule has 0 bridgehead atoms. The molecule has 0 atom stereocenters. The van der Waals surface area contributed by atoms with E-state index in [1.807, 2.05) is 83.3 Å². The number of rotatable bonds is 6. The average molecular weight is 839 g/mol. The molecule has 4 heterocycles. The molecule has 63 heavy (non-hydrogen) atoms. The van der Waals surface area contributed by atoms with Gasteiger partial charge in [0, 0.05) is 64.1 Å². The van der Waals surface area contributed by atoms with Crippen LogP contribution in [0, 0.1) is 0 Å². The van der Waals surface area contributed by atoms with Crippen LogP contribution in [0.5, 0.6) is 0 Å². The summed E-state index contributed by atoms with van der Waals surface area (Å²) in [7, 11) is 0. The quantitative estimate of drug-likeness (QED) is 0.168. The van der Waals surface area contributed by atoms with Gasteiger partial charge in [0.15, 0.2) is 17.5 Å². The van der Waals surface area contributed by atoms with E-state index in [0.717, 1.165) is 33.5 Å². The van der Waals surface area contributed by atoms with Crippen molar-refractivity contribution in [3.05, 3.63) is 206 Å². The third kappa shape index (κ3) is 5.91. The van der Waals surface area contributed by atoms with Gasteiger partial charge in [-0.3, -0.25) is 0 Å². The van der Waals surface area contributed by atoms with Gasteiger partial charge in [-0.1, -0.05) is 164 Å². The third-order valence-electron chi connectivity index (χ3n) is 12.3. The van der Waals surface area contributed by atoms with Crippen molar-refractivity contribution in [2.75, 3.05) is 0 Å². The van der Waals surface area contributed by atoms with Gasteiger partial charge in [-0.05, 0) is 64.7 Å². The minimum atomic E-state index is 0.638. The number of benzene rings is 9. The highest BCUT2D eigenvalue weighted by molar-refractivity contribution is 7.33. The highest BCUT2D eigenvalue weighted by atomic mass is 32.1. The second-order valence-corrected chi connectivity index (χ2v) is 18.0. The second kappa shape index (κ2) is 14.4. The highest BCUT2D eigenvalue weighted by Gasteiger charge is 2.19. The Hall–Kier alpha value is -7.77. The topological polar surface area (TPSA) is 43.6 Å². The highest BCUT2D eigenvalue weighted by Crippen LogP contribution is 2.47. The van der Waals surface area contributed by atoms with E-state index in [0.29, 0.717) is 17.5 Å². The van der Waals surface area contributed by atoms with Gasteiger partial charge in [0.25, 0.3) is 0 Å². The Bertz CT molecular complexity index is 3860. The van der Waals surface area contributed by atoms with Crippen molar-refractivity contribution < 1.29 is 0 Å². The lowest BCUT2D eigenvalue weighted by molar-refractivity contribution is 1.07. The molecule has 294 valence electrons. The molecule has 4 nitrogen and oxygen atoms in total. The van der Waals surface area contributed by atoms with E-state index >= 15 is 0 Å². The minimum absolute atomic E-state index is 0.638. The fourth-order valence-corrected chi connectivity index (χ4v) is 12.0. The first kappa shape index (κ1) is 35.9.